The molecule has 0 aromatic carbocycles. The minimum atomic E-state index is -5.05. The van der Waals surface area contributed by atoms with Crippen molar-refractivity contribution < 1.29 is 33.0 Å². The highest BCUT2D eigenvalue weighted by atomic mass is 31.3. The Bertz CT molecular complexity index is 376. The third-order valence-corrected chi connectivity index (χ3v) is 2.87. The van der Waals surface area contributed by atoms with Crippen molar-refractivity contribution in [1.29, 1.82) is 0 Å². The molecule has 12 heteroatoms. The number of rotatable bonds is 4. The number of hydrogen-bond donors (Lipinski definition) is 6. The van der Waals surface area contributed by atoms with Crippen LogP contribution < -0.4 is 5.73 Å². The van der Waals surface area contributed by atoms with Gasteiger partial charge in [-0.1, -0.05) is 0 Å². The van der Waals surface area contributed by atoms with E-state index < -0.39 is 15.6 Å². The Morgan fingerprint density at radius 3 is 2.06 bits per heavy atom. The van der Waals surface area contributed by atoms with Crippen LogP contribution >= 0.6 is 15.6 Å². The number of hydrogen-bond acceptors (Lipinski definition) is 5. The summed E-state index contributed by atoms with van der Waals surface area (Å²) in [5, 5.41) is 0. The lowest BCUT2D eigenvalue weighted by Gasteiger charge is -2.03. The fourth-order valence-electron chi connectivity index (χ4n) is 0.714. The van der Waals surface area contributed by atoms with E-state index in [9.17, 15) is 9.13 Å². The van der Waals surface area contributed by atoms with Crippen molar-refractivity contribution in [2.24, 2.45) is 5.73 Å². The zero-order valence-corrected chi connectivity index (χ0v) is 10.3. The Balaban J connectivity index is 0.000000302. The van der Waals surface area contributed by atoms with E-state index in [-0.39, 0.29) is 0 Å². The summed E-state index contributed by atoms with van der Waals surface area (Å²) in [4.78, 5) is 37.8. The van der Waals surface area contributed by atoms with Crippen LogP contribution in [0.5, 0.6) is 0 Å². The first-order valence-corrected chi connectivity index (χ1v) is 7.20. The molecule has 0 radical (unpaired) electrons. The van der Waals surface area contributed by atoms with Gasteiger partial charge in [0.05, 0.1) is 12.0 Å². The molecule has 1 rings (SSSR count). The number of nitrogens with one attached hydrogen (secondary N) is 1. The van der Waals surface area contributed by atoms with Crippen LogP contribution in [-0.4, -0.2) is 36.1 Å². The molecule has 100 valence electrons. The maximum Gasteiger partial charge on any atom is 0.478 e. The molecule has 7 N–H and O–H groups in total. The smallest absolute Gasteiger partial charge is 0.351 e. The van der Waals surface area contributed by atoms with Crippen molar-refractivity contribution in [2.75, 3.05) is 6.54 Å². The number of imidazole rings is 1. The molecule has 0 amide bonds. The van der Waals surface area contributed by atoms with Gasteiger partial charge >= 0.3 is 15.6 Å². The monoisotopic (exact) mass is 289 g/mol. The summed E-state index contributed by atoms with van der Waals surface area (Å²) in [6.07, 6.45) is 4.38. The van der Waals surface area contributed by atoms with Crippen molar-refractivity contribution in [2.45, 2.75) is 6.42 Å². The van der Waals surface area contributed by atoms with Gasteiger partial charge in [-0.15, -0.1) is 0 Å². The highest BCUT2D eigenvalue weighted by molar-refractivity contribution is 7.60. The largest absolute Gasteiger partial charge is 0.478 e. The molecule has 1 aromatic heterocycles. The lowest BCUT2D eigenvalue weighted by atomic mass is 10.3. The van der Waals surface area contributed by atoms with E-state index in [0.29, 0.717) is 6.54 Å². The highest BCUT2D eigenvalue weighted by Crippen LogP contribution is 2.53. The van der Waals surface area contributed by atoms with Crippen LogP contribution in [0.2, 0.25) is 0 Å². The minimum absolute atomic E-state index is 0.671. The summed E-state index contributed by atoms with van der Waals surface area (Å²) in [5.74, 6) is 0. The minimum Gasteiger partial charge on any atom is -0.351 e. The van der Waals surface area contributed by atoms with Crippen molar-refractivity contribution in [1.82, 2.24) is 9.97 Å². The molecule has 0 aliphatic rings. The molecule has 0 fully saturated rings. The van der Waals surface area contributed by atoms with Crippen LogP contribution in [0, 0.1) is 0 Å². The fourth-order valence-corrected chi connectivity index (χ4v) is 1.82. The molecule has 1 heterocycles. The first-order chi connectivity index (χ1) is 7.64. The average molecular weight is 289 g/mol. The number of H-pyrrole nitrogens is 1. The zero-order valence-electron chi connectivity index (χ0n) is 8.50. The van der Waals surface area contributed by atoms with Crippen LogP contribution in [0.1, 0.15) is 5.69 Å². The second-order valence-electron chi connectivity index (χ2n) is 2.66. The van der Waals surface area contributed by atoms with Gasteiger partial charge in [0.25, 0.3) is 0 Å². The molecule has 0 unspecified atom stereocenters. The van der Waals surface area contributed by atoms with E-state index >= 15 is 0 Å². The van der Waals surface area contributed by atoms with Gasteiger partial charge in [0.2, 0.25) is 0 Å². The van der Waals surface area contributed by atoms with E-state index in [1.807, 2.05) is 6.20 Å². The Labute approximate surface area is 96.3 Å². The van der Waals surface area contributed by atoms with Crippen LogP contribution in [0.3, 0.4) is 0 Å². The third kappa shape index (κ3) is 11.7. The van der Waals surface area contributed by atoms with E-state index in [4.69, 9.17) is 25.3 Å². The third-order valence-electron chi connectivity index (χ3n) is 1.17. The fraction of sp³-hybridized carbons (Fsp3) is 0.400. The van der Waals surface area contributed by atoms with Crippen molar-refractivity contribution in [3.05, 3.63) is 18.2 Å². The summed E-state index contributed by atoms with van der Waals surface area (Å²) in [6, 6.07) is 0. The topological polar surface area (TPSA) is 179 Å². The molecule has 17 heavy (non-hydrogen) atoms. The summed E-state index contributed by atoms with van der Waals surface area (Å²) < 4.78 is 22.2. The Kier molecular flexibility index (Phi) is 6.76. The second kappa shape index (κ2) is 7.00. The molecule has 0 aliphatic carbocycles. The van der Waals surface area contributed by atoms with E-state index in [0.717, 1.165) is 12.1 Å². The number of nitrogens with two attached hydrogens (primary N) is 1. The van der Waals surface area contributed by atoms with Gasteiger partial charge in [0.1, 0.15) is 0 Å². The van der Waals surface area contributed by atoms with Gasteiger partial charge in [0, 0.05) is 12.6 Å². The van der Waals surface area contributed by atoms with Crippen molar-refractivity contribution in [3.8, 4) is 0 Å². The molecule has 0 saturated heterocycles. The van der Waals surface area contributed by atoms with Gasteiger partial charge < -0.3 is 30.3 Å². The Morgan fingerprint density at radius 1 is 1.29 bits per heavy atom. The second-order valence-corrected chi connectivity index (χ2v) is 5.28. The molecular weight excluding hydrogens is 276 g/mol. The normalized spacial score (nSPS) is 11.8. The van der Waals surface area contributed by atoms with E-state index in [2.05, 4.69) is 14.3 Å². The maximum atomic E-state index is 9.63. The standard InChI is InChI=1S/C5H9N3.H4O7P2/c6-2-1-5-3-7-4-8-5;1-8(2,3)7-9(4,5)6/h3-4H,1-2,6H2,(H,7,8);(H2,1,2,3)(H2,4,5,6). The average Bonchev–Trinajstić information content (AvgIpc) is 2.51. The summed E-state index contributed by atoms with van der Waals surface area (Å²) in [6.45, 7) is 0.671. The number of phosphoric acid groups is 2. The molecular formula is C5H13N3O7P2. The highest BCUT2D eigenvalue weighted by Gasteiger charge is 2.27. The first-order valence-electron chi connectivity index (χ1n) is 4.14. The Hall–Kier alpha value is -0.570. The summed E-state index contributed by atoms with van der Waals surface area (Å²) in [5.41, 5.74) is 6.30. The van der Waals surface area contributed by atoms with Crippen LogP contribution in [0.4, 0.5) is 0 Å². The zero-order chi connectivity index (χ0) is 13.5. The predicted octanol–water partition coefficient (Wildman–Crippen LogP) is -0.901. The molecule has 10 nitrogen and oxygen atoms in total. The van der Waals surface area contributed by atoms with Crippen molar-refractivity contribution in [3.63, 3.8) is 0 Å². The summed E-state index contributed by atoms with van der Waals surface area (Å²) >= 11 is 0. The van der Waals surface area contributed by atoms with E-state index in [1.54, 1.807) is 6.33 Å². The maximum absolute atomic E-state index is 9.63. The Morgan fingerprint density at radius 2 is 1.82 bits per heavy atom. The molecule has 0 saturated carbocycles. The lowest BCUT2D eigenvalue weighted by molar-refractivity contribution is 0.225. The molecule has 0 spiro atoms. The van der Waals surface area contributed by atoms with Gasteiger partial charge in [-0.3, -0.25) is 0 Å². The van der Waals surface area contributed by atoms with Crippen LogP contribution in [0.25, 0.3) is 0 Å². The molecule has 0 bridgehead atoms. The van der Waals surface area contributed by atoms with Crippen LogP contribution in [0.15, 0.2) is 12.5 Å². The van der Waals surface area contributed by atoms with E-state index in [1.165, 1.54) is 0 Å². The van der Waals surface area contributed by atoms with Gasteiger partial charge in [-0.05, 0) is 6.54 Å². The number of aromatic nitrogens is 2. The van der Waals surface area contributed by atoms with Crippen LogP contribution in [-0.2, 0) is 19.9 Å². The molecule has 0 aliphatic heterocycles. The number of nitrogens with zero attached hydrogens (tertiary/aromatic N) is 1. The van der Waals surface area contributed by atoms with Crippen molar-refractivity contribution >= 4 is 15.6 Å². The predicted molar refractivity (Wildman–Crippen MR) is 56.5 cm³/mol. The van der Waals surface area contributed by atoms with Gasteiger partial charge in [0.15, 0.2) is 0 Å². The number of aromatic amines is 1. The lowest BCUT2D eigenvalue weighted by Crippen LogP contribution is -2.02. The summed E-state index contributed by atoms with van der Waals surface area (Å²) in [7, 11) is -10.1. The molecule has 0 atom stereocenters. The SMILES string of the molecule is NCCc1c[nH]cn1.O=P(O)(O)OP(=O)(O)O. The first kappa shape index (κ1) is 16.4. The van der Waals surface area contributed by atoms with Gasteiger partial charge in [-0.25, -0.2) is 14.1 Å². The molecule has 1 aromatic rings. The quantitative estimate of drug-likeness (QED) is 0.383. The van der Waals surface area contributed by atoms with Gasteiger partial charge in [-0.2, -0.15) is 4.31 Å².